The zero-order valence-electron chi connectivity index (χ0n) is 12.4. The summed E-state index contributed by atoms with van der Waals surface area (Å²) in [5, 5.41) is 13.9. The number of benzene rings is 1. The fraction of sp³-hybridized carbons (Fsp3) is 0.444. The largest absolute Gasteiger partial charge is 0.467 e. The van der Waals surface area contributed by atoms with E-state index in [-0.39, 0.29) is 6.04 Å². The predicted molar refractivity (Wildman–Crippen MR) is 82.8 cm³/mol. The Balaban J connectivity index is 1.61. The smallest absolute Gasteiger partial charge is 0.132 e. The molecule has 1 aromatic heterocycles. The van der Waals surface area contributed by atoms with Gasteiger partial charge in [-0.2, -0.15) is 0 Å². The molecule has 3 unspecified atom stereocenters. The molecular weight excluding hydrogens is 262 g/mol. The minimum absolute atomic E-state index is 0.232. The van der Waals surface area contributed by atoms with Crippen LogP contribution >= 0.6 is 0 Å². The molecule has 112 valence electrons. The van der Waals surface area contributed by atoms with E-state index in [1.54, 1.807) is 6.26 Å². The average molecular weight is 285 g/mol. The van der Waals surface area contributed by atoms with E-state index in [0.717, 1.165) is 5.92 Å². The van der Waals surface area contributed by atoms with Crippen LogP contribution in [0.4, 0.5) is 0 Å². The lowest BCUT2D eigenvalue weighted by atomic mass is 10.00. The summed E-state index contributed by atoms with van der Waals surface area (Å²) in [6.07, 6.45) is 4.30. The third kappa shape index (κ3) is 3.74. The van der Waals surface area contributed by atoms with Gasteiger partial charge in [-0.25, -0.2) is 0 Å². The van der Waals surface area contributed by atoms with Crippen LogP contribution in [0.15, 0.2) is 53.1 Å². The SMILES string of the molecule is CC(CC(O)c1ccco1)NC(c1ccccc1)C1CC1. The highest BCUT2D eigenvalue weighted by Gasteiger charge is 2.33. The highest BCUT2D eigenvalue weighted by Crippen LogP contribution is 2.41. The van der Waals surface area contributed by atoms with E-state index < -0.39 is 6.10 Å². The zero-order valence-corrected chi connectivity index (χ0v) is 12.4. The van der Waals surface area contributed by atoms with Crippen molar-refractivity contribution < 1.29 is 9.52 Å². The highest BCUT2D eigenvalue weighted by molar-refractivity contribution is 5.21. The maximum atomic E-state index is 10.2. The molecular formula is C18H23NO2. The third-order valence-corrected chi connectivity index (χ3v) is 4.16. The summed E-state index contributed by atoms with van der Waals surface area (Å²) < 4.78 is 5.27. The molecule has 1 fully saturated rings. The van der Waals surface area contributed by atoms with Crippen molar-refractivity contribution in [2.45, 2.75) is 44.4 Å². The molecule has 0 amide bonds. The molecule has 0 spiro atoms. The fourth-order valence-corrected chi connectivity index (χ4v) is 2.90. The minimum atomic E-state index is -0.543. The van der Waals surface area contributed by atoms with Gasteiger partial charge in [0.25, 0.3) is 0 Å². The maximum absolute atomic E-state index is 10.2. The number of nitrogens with one attached hydrogen (secondary N) is 1. The van der Waals surface area contributed by atoms with Gasteiger partial charge in [-0.3, -0.25) is 0 Å². The summed E-state index contributed by atoms with van der Waals surface area (Å²) in [6.45, 7) is 2.13. The topological polar surface area (TPSA) is 45.4 Å². The minimum Gasteiger partial charge on any atom is -0.467 e. The molecule has 1 aliphatic rings. The monoisotopic (exact) mass is 285 g/mol. The first-order chi connectivity index (χ1) is 10.2. The predicted octanol–water partition coefficient (Wildman–Crippen LogP) is 3.83. The number of aliphatic hydroxyl groups is 1. The molecule has 3 atom stereocenters. The van der Waals surface area contributed by atoms with E-state index in [4.69, 9.17) is 4.42 Å². The van der Waals surface area contributed by atoms with Crippen molar-refractivity contribution >= 4 is 0 Å². The van der Waals surface area contributed by atoms with Gasteiger partial charge >= 0.3 is 0 Å². The van der Waals surface area contributed by atoms with Crippen LogP contribution in [-0.2, 0) is 0 Å². The summed E-state index contributed by atoms with van der Waals surface area (Å²) in [5.41, 5.74) is 1.35. The van der Waals surface area contributed by atoms with E-state index in [1.807, 2.05) is 12.1 Å². The first kappa shape index (κ1) is 14.4. The molecule has 1 aliphatic carbocycles. The van der Waals surface area contributed by atoms with Gasteiger partial charge in [-0.1, -0.05) is 30.3 Å². The molecule has 2 aromatic rings. The Hall–Kier alpha value is -1.58. The molecule has 3 rings (SSSR count). The van der Waals surface area contributed by atoms with E-state index in [2.05, 4.69) is 42.6 Å². The van der Waals surface area contributed by atoms with Crippen LogP contribution in [-0.4, -0.2) is 11.1 Å². The van der Waals surface area contributed by atoms with Gasteiger partial charge < -0.3 is 14.8 Å². The molecule has 1 saturated carbocycles. The average Bonchev–Trinajstić information content (AvgIpc) is 3.18. The molecule has 0 aliphatic heterocycles. The molecule has 1 aromatic carbocycles. The summed E-state index contributed by atoms with van der Waals surface area (Å²) in [7, 11) is 0. The third-order valence-electron chi connectivity index (χ3n) is 4.16. The molecule has 2 N–H and O–H groups in total. The lowest BCUT2D eigenvalue weighted by molar-refractivity contribution is 0.126. The van der Waals surface area contributed by atoms with Crippen LogP contribution in [0.1, 0.15) is 49.7 Å². The normalized spacial score (nSPS) is 19.1. The van der Waals surface area contributed by atoms with Gasteiger partial charge in [-0.05, 0) is 49.8 Å². The molecule has 3 heteroatoms. The molecule has 0 bridgehead atoms. The first-order valence-electron chi connectivity index (χ1n) is 7.76. The van der Waals surface area contributed by atoms with Gasteiger partial charge in [0, 0.05) is 12.1 Å². The van der Waals surface area contributed by atoms with Crippen molar-refractivity contribution in [2.24, 2.45) is 5.92 Å². The fourth-order valence-electron chi connectivity index (χ4n) is 2.90. The maximum Gasteiger partial charge on any atom is 0.132 e. The Morgan fingerprint density at radius 3 is 2.57 bits per heavy atom. The van der Waals surface area contributed by atoms with Crippen molar-refractivity contribution in [3.8, 4) is 0 Å². The van der Waals surface area contributed by atoms with Crippen molar-refractivity contribution in [3.05, 3.63) is 60.1 Å². The molecule has 0 radical (unpaired) electrons. The Morgan fingerprint density at radius 2 is 1.95 bits per heavy atom. The molecule has 3 nitrogen and oxygen atoms in total. The van der Waals surface area contributed by atoms with E-state index >= 15 is 0 Å². The van der Waals surface area contributed by atoms with Crippen LogP contribution in [0.3, 0.4) is 0 Å². The highest BCUT2D eigenvalue weighted by atomic mass is 16.4. The van der Waals surface area contributed by atoms with Crippen molar-refractivity contribution in [1.82, 2.24) is 5.32 Å². The Bertz CT molecular complexity index is 534. The summed E-state index contributed by atoms with van der Waals surface area (Å²) in [5.74, 6) is 1.38. The second-order valence-electron chi connectivity index (χ2n) is 6.06. The standard InChI is InChI=1S/C18H23NO2/c1-13(12-16(20)17-8-5-11-21-17)19-18(15-9-10-15)14-6-3-2-4-7-14/h2-8,11,13,15-16,18-20H,9-10,12H2,1H3. The summed E-state index contributed by atoms with van der Waals surface area (Å²) >= 11 is 0. The van der Waals surface area contributed by atoms with Crippen LogP contribution in [0.25, 0.3) is 0 Å². The quantitative estimate of drug-likeness (QED) is 0.812. The van der Waals surface area contributed by atoms with Crippen molar-refractivity contribution in [1.29, 1.82) is 0 Å². The number of furan rings is 1. The lowest BCUT2D eigenvalue weighted by Gasteiger charge is -2.25. The molecule has 21 heavy (non-hydrogen) atoms. The Morgan fingerprint density at radius 1 is 1.19 bits per heavy atom. The van der Waals surface area contributed by atoms with Crippen molar-refractivity contribution in [3.63, 3.8) is 0 Å². The summed E-state index contributed by atoms with van der Waals surface area (Å²) in [4.78, 5) is 0. The van der Waals surface area contributed by atoms with Crippen LogP contribution < -0.4 is 5.32 Å². The number of rotatable bonds is 7. The van der Waals surface area contributed by atoms with Gasteiger partial charge in [0.1, 0.15) is 11.9 Å². The Kier molecular flexibility index (Phi) is 4.42. The first-order valence-corrected chi connectivity index (χ1v) is 7.76. The van der Waals surface area contributed by atoms with Crippen LogP contribution in [0.2, 0.25) is 0 Å². The van der Waals surface area contributed by atoms with Crippen molar-refractivity contribution in [2.75, 3.05) is 0 Å². The number of hydrogen-bond donors (Lipinski definition) is 2. The van der Waals surface area contributed by atoms with E-state index in [0.29, 0.717) is 18.2 Å². The second kappa shape index (κ2) is 6.46. The van der Waals surface area contributed by atoms with Gasteiger partial charge in [0.15, 0.2) is 0 Å². The van der Waals surface area contributed by atoms with E-state index in [9.17, 15) is 5.11 Å². The Labute approximate surface area is 126 Å². The molecule has 0 saturated heterocycles. The van der Waals surface area contributed by atoms with Gasteiger partial charge in [0.05, 0.1) is 6.26 Å². The van der Waals surface area contributed by atoms with E-state index in [1.165, 1.54) is 18.4 Å². The van der Waals surface area contributed by atoms with Crippen LogP contribution in [0.5, 0.6) is 0 Å². The summed E-state index contributed by atoms with van der Waals surface area (Å²) in [6, 6.07) is 14.9. The zero-order chi connectivity index (χ0) is 14.7. The van der Waals surface area contributed by atoms with Gasteiger partial charge in [0.2, 0.25) is 0 Å². The van der Waals surface area contributed by atoms with Crippen LogP contribution in [0, 0.1) is 5.92 Å². The number of hydrogen-bond acceptors (Lipinski definition) is 3. The number of aliphatic hydroxyl groups excluding tert-OH is 1. The molecule has 1 heterocycles. The second-order valence-corrected chi connectivity index (χ2v) is 6.06. The lowest BCUT2D eigenvalue weighted by Crippen LogP contribution is -2.33. The van der Waals surface area contributed by atoms with Gasteiger partial charge in [-0.15, -0.1) is 0 Å².